The third-order valence-corrected chi connectivity index (χ3v) is 0.710. The van der Waals surface area contributed by atoms with Gasteiger partial charge in [-0.15, -0.1) is 6.58 Å². The summed E-state index contributed by atoms with van der Waals surface area (Å²) in [5.74, 6) is 0. The van der Waals surface area contributed by atoms with Crippen molar-refractivity contribution in [1.82, 2.24) is 5.32 Å². The Morgan fingerprint density at radius 3 is 3.00 bits per heavy atom. The fourth-order valence-electron chi connectivity index (χ4n) is 0.357. The molecule has 0 aliphatic carbocycles. The Morgan fingerprint density at radius 2 is 2.44 bits per heavy atom. The normalized spacial score (nSPS) is 8.44. The van der Waals surface area contributed by atoms with Gasteiger partial charge in [0.15, 0.2) is 0 Å². The summed E-state index contributed by atoms with van der Waals surface area (Å²) < 4.78 is 4.95. The molecule has 0 aromatic carbocycles. The second-order valence-electron chi connectivity index (χ2n) is 1.44. The molecule has 0 unspecified atom stereocenters. The van der Waals surface area contributed by atoms with Crippen molar-refractivity contribution < 1.29 is 9.53 Å². The molecule has 0 saturated carbocycles. The van der Waals surface area contributed by atoms with Crippen LogP contribution in [0.2, 0.25) is 0 Å². The maximum Gasteiger partial charge on any atom is 0.207 e. The molecule has 3 heteroatoms. The summed E-state index contributed by atoms with van der Waals surface area (Å²) in [5.41, 5.74) is 0. The minimum absolute atomic E-state index is 0.542. The molecule has 0 atom stereocenters. The molecule has 0 aliphatic heterocycles. The number of amides is 1. The Balaban J connectivity index is 2.74. The molecule has 0 rings (SSSR count). The van der Waals surface area contributed by atoms with Crippen LogP contribution < -0.4 is 5.32 Å². The Labute approximate surface area is 54.7 Å². The topological polar surface area (TPSA) is 38.3 Å². The number of hydrogen-bond donors (Lipinski definition) is 1. The van der Waals surface area contributed by atoms with Crippen LogP contribution in [0.4, 0.5) is 0 Å². The predicted octanol–water partition coefficient (Wildman–Crippen LogP) is -0.0650. The molecule has 0 aliphatic rings. The molecular formula is C6H11NO2. The van der Waals surface area contributed by atoms with Gasteiger partial charge in [0, 0.05) is 6.54 Å². The number of nitrogens with one attached hydrogen (secondary N) is 1. The summed E-state index contributed by atoms with van der Waals surface area (Å²) in [6, 6.07) is 0. The molecule has 0 bridgehead atoms. The fraction of sp³-hybridized carbons (Fsp3) is 0.500. The molecular weight excluding hydrogens is 118 g/mol. The van der Waals surface area contributed by atoms with Crippen molar-refractivity contribution in [1.29, 1.82) is 0 Å². The fourth-order valence-corrected chi connectivity index (χ4v) is 0.357. The van der Waals surface area contributed by atoms with Crippen LogP contribution in [0.25, 0.3) is 0 Å². The smallest absolute Gasteiger partial charge is 0.207 e. The summed E-state index contributed by atoms with van der Waals surface area (Å²) in [7, 11) is 0. The Hall–Kier alpha value is -0.830. The van der Waals surface area contributed by atoms with Gasteiger partial charge in [-0.2, -0.15) is 0 Å². The van der Waals surface area contributed by atoms with Crippen LogP contribution in [0.1, 0.15) is 0 Å². The largest absolute Gasteiger partial charge is 0.376 e. The van der Waals surface area contributed by atoms with Crippen LogP contribution in [-0.2, 0) is 9.53 Å². The third kappa shape index (κ3) is 7.17. The van der Waals surface area contributed by atoms with Gasteiger partial charge in [-0.1, -0.05) is 6.08 Å². The van der Waals surface area contributed by atoms with Gasteiger partial charge in [-0.3, -0.25) is 4.79 Å². The van der Waals surface area contributed by atoms with Crippen molar-refractivity contribution in [3.8, 4) is 0 Å². The summed E-state index contributed by atoms with van der Waals surface area (Å²) >= 11 is 0. The molecule has 0 heterocycles. The molecule has 0 saturated heterocycles. The van der Waals surface area contributed by atoms with E-state index in [1.807, 2.05) is 0 Å². The zero-order valence-corrected chi connectivity index (χ0v) is 5.30. The van der Waals surface area contributed by atoms with E-state index in [1.165, 1.54) is 0 Å². The van der Waals surface area contributed by atoms with Crippen molar-refractivity contribution in [2.45, 2.75) is 0 Å². The molecule has 0 fully saturated rings. The van der Waals surface area contributed by atoms with Gasteiger partial charge in [0.1, 0.15) is 0 Å². The maximum absolute atomic E-state index is 9.65. The summed E-state index contributed by atoms with van der Waals surface area (Å²) in [6.45, 7) is 5.12. The zero-order valence-electron chi connectivity index (χ0n) is 5.30. The molecule has 0 radical (unpaired) electrons. The van der Waals surface area contributed by atoms with Crippen molar-refractivity contribution in [3.05, 3.63) is 12.7 Å². The van der Waals surface area contributed by atoms with Crippen molar-refractivity contribution >= 4 is 6.41 Å². The number of carbonyl (C=O) groups excluding carboxylic acids is 1. The van der Waals surface area contributed by atoms with Crippen LogP contribution >= 0.6 is 0 Å². The van der Waals surface area contributed by atoms with Crippen LogP contribution in [-0.4, -0.2) is 26.2 Å². The van der Waals surface area contributed by atoms with E-state index in [0.717, 1.165) is 0 Å². The lowest BCUT2D eigenvalue weighted by molar-refractivity contribution is -0.109. The first-order valence-corrected chi connectivity index (χ1v) is 2.77. The van der Waals surface area contributed by atoms with Gasteiger partial charge in [0.25, 0.3) is 0 Å². The van der Waals surface area contributed by atoms with E-state index in [4.69, 9.17) is 4.74 Å². The summed E-state index contributed by atoms with van der Waals surface area (Å²) in [5, 5.41) is 2.47. The molecule has 9 heavy (non-hydrogen) atoms. The number of ether oxygens (including phenoxy) is 1. The van der Waals surface area contributed by atoms with E-state index >= 15 is 0 Å². The lowest BCUT2D eigenvalue weighted by Crippen LogP contribution is -2.17. The molecule has 0 aromatic rings. The second kappa shape index (κ2) is 7.17. The van der Waals surface area contributed by atoms with Crippen LogP contribution in [0.15, 0.2) is 12.7 Å². The Kier molecular flexibility index (Phi) is 6.51. The van der Waals surface area contributed by atoms with Crippen LogP contribution in [0, 0.1) is 0 Å². The quantitative estimate of drug-likeness (QED) is 0.310. The second-order valence-corrected chi connectivity index (χ2v) is 1.44. The zero-order chi connectivity index (χ0) is 6.95. The van der Waals surface area contributed by atoms with Crippen LogP contribution in [0.3, 0.4) is 0 Å². The molecule has 1 N–H and O–H groups in total. The standard InChI is InChI=1S/C6H11NO2/c1-2-4-9-5-3-7-6-8/h2,6H,1,3-5H2,(H,7,8). The first-order chi connectivity index (χ1) is 4.41. The third-order valence-electron chi connectivity index (χ3n) is 0.710. The summed E-state index contributed by atoms with van der Waals surface area (Å²) in [4.78, 5) is 9.65. The minimum Gasteiger partial charge on any atom is -0.376 e. The molecule has 1 amide bonds. The lowest BCUT2D eigenvalue weighted by Gasteiger charge is -1.97. The SMILES string of the molecule is C=CCOCCNC=O. The van der Waals surface area contributed by atoms with Crippen molar-refractivity contribution in [3.63, 3.8) is 0 Å². The van der Waals surface area contributed by atoms with E-state index in [1.54, 1.807) is 6.08 Å². The van der Waals surface area contributed by atoms with Crippen molar-refractivity contribution in [2.75, 3.05) is 19.8 Å². The summed E-state index contributed by atoms with van der Waals surface area (Å²) in [6.07, 6.45) is 2.32. The van der Waals surface area contributed by atoms with Gasteiger partial charge in [0.2, 0.25) is 6.41 Å². The average Bonchev–Trinajstić information content (AvgIpc) is 1.89. The van der Waals surface area contributed by atoms with E-state index in [0.29, 0.717) is 26.2 Å². The van der Waals surface area contributed by atoms with Gasteiger partial charge in [0.05, 0.1) is 13.2 Å². The van der Waals surface area contributed by atoms with Gasteiger partial charge in [-0.05, 0) is 0 Å². The molecule has 0 aromatic heterocycles. The molecule has 0 spiro atoms. The van der Waals surface area contributed by atoms with E-state index in [9.17, 15) is 4.79 Å². The van der Waals surface area contributed by atoms with Gasteiger partial charge >= 0.3 is 0 Å². The van der Waals surface area contributed by atoms with E-state index < -0.39 is 0 Å². The van der Waals surface area contributed by atoms with Gasteiger partial charge in [-0.25, -0.2) is 0 Å². The monoisotopic (exact) mass is 129 g/mol. The first kappa shape index (κ1) is 8.17. The molecule has 52 valence electrons. The Morgan fingerprint density at radius 1 is 1.67 bits per heavy atom. The highest BCUT2D eigenvalue weighted by atomic mass is 16.5. The molecule has 3 nitrogen and oxygen atoms in total. The number of hydrogen-bond acceptors (Lipinski definition) is 2. The van der Waals surface area contributed by atoms with E-state index in [-0.39, 0.29) is 0 Å². The van der Waals surface area contributed by atoms with Crippen LogP contribution in [0.5, 0.6) is 0 Å². The number of rotatable bonds is 6. The Bertz CT molecular complexity index is 73.1. The highest BCUT2D eigenvalue weighted by Gasteiger charge is 1.80. The maximum atomic E-state index is 9.65. The first-order valence-electron chi connectivity index (χ1n) is 2.77. The van der Waals surface area contributed by atoms with Crippen molar-refractivity contribution in [2.24, 2.45) is 0 Å². The highest BCUT2D eigenvalue weighted by Crippen LogP contribution is 1.71. The minimum atomic E-state index is 0.542. The average molecular weight is 129 g/mol. The lowest BCUT2D eigenvalue weighted by atomic mass is 10.6. The number of carbonyl (C=O) groups is 1. The highest BCUT2D eigenvalue weighted by molar-refractivity contribution is 5.45. The van der Waals surface area contributed by atoms with Gasteiger partial charge < -0.3 is 10.1 Å². The van der Waals surface area contributed by atoms with E-state index in [2.05, 4.69) is 11.9 Å². The predicted molar refractivity (Wildman–Crippen MR) is 35.1 cm³/mol.